The van der Waals surface area contributed by atoms with Gasteiger partial charge in [0.25, 0.3) is 0 Å². The van der Waals surface area contributed by atoms with Crippen LogP contribution in [-0.4, -0.2) is 33.8 Å². The van der Waals surface area contributed by atoms with E-state index in [9.17, 15) is 0 Å². The molecule has 1 aliphatic rings. The molecule has 1 saturated heterocycles. The number of aryl methyl sites for hydroxylation is 1. The molecule has 2 atom stereocenters. The van der Waals surface area contributed by atoms with Crippen molar-refractivity contribution in [1.29, 1.82) is 0 Å². The lowest BCUT2D eigenvalue weighted by atomic mass is 10.1. The van der Waals surface area contributed by atoms with E-state index in [0.717, 1.165) is 23.8 Å². The van der Waals surface area contributed by atoms with Crippen LogP contribution in [-0.2, 0) is 6.42 Å². The van der Waals surface area contributed by atoms with Crippen LogP contribution in [0.5, 0.6) is 0 Å². The first-order chi connectivity index (χ1) is 8.67. The van der Waals surface area contributed by atoms with Crippen LogP contribution in [0.3, 0.4) is 0 Å². The Morgan fingerprint density at radius 2 is 2.00 bits per heavy atom. The highest BCUT2D eigenvalue weighted by molar-refractivity contribution is 8.06. The molecule has 0 radical (unpaired) electrons. The fraction of sp³-hybridized carbons (Fsp3) is 0.692. The lowest BCUT2D eigenvalue weighted by molar-refractivity contribution is 0.806. The molecule has 2 heterocycles. The van der Waals surface area contributed by atoms with E-state index >= 15 is 0 Å². The highest BCUT2D eigenvalue weighted by Crippen LogP contribution is 2.41. The molecule has 0 aliphatic carbocycles. The van der Waals surface area contributed by atoms with Gasteiger partial charge < -0.3 is 5.32 Å². The van der Waals surface area contributed by atoms with Gasteiger partial charge in [0.15, 0.2) is 0 Å². The van der Waals surface area contributed by atoms with Crippen LogP contribution in [0.1, 0.15) is 36.2 Å². The maximum absolute atomic E-state index is 4.74. The van der Waals surface area contributed by atoms with Crippen LogP contribution in [0.15, 0.2) is 0 Å². The predicted molar refractivity (Wildman–Crippen MR) is 82.8 cm³/mol. The molecular weight excluding hydrogens is 262 g/mol. The molecule has 0 aromatic carbocycles. The fourth-order valence-electron chi connectivity index (χ4n) is 2.29. The smallest absolute Gasteiger partial charge is 0.145 e. The number of hydrogen-bond acceptors (Lipinski definition) is 5. The van der Waals surface area contributed by atoms with Crippen LogP contribution in [0, 0.1) is 6.92 Å². The summed E-state index contributed by atoms with van der Waals surface area (Å²) in [6.07, 6.45) is 0.977. The molecule has 0 amide bonds. The summed E-state index contributed by atoms with van der Waals surface area (Å²) in [5.41, 5.74) is 2.36. The molecular formula is C13H21N3S2. The summed E-state index contributed by atoms with van der Waals surface area (Å²) in [6.45, 7) is 6.53. The molecule has 0 saturated carbocycles. The third-order valence-corrected chi connectivity index (χ3v) is 6.35. The van der Waals surface area contributed by atoms with Gasteiger partial charge in [-0.1, -0.05) is 13.8 Å². The van der Waals surface area contributed by atoms with Crippen molar-refractivity contribution in [3.8, 4) is 0 Å². The fourth-order valence-corrected chi connectivity index (χ4v) is 4.98. The third-order valence-electron chi connectivity index (χ3n) is 3.26. The third kappa shape index (κ3) is 2.77. The molecule has 2 unspecified atom stereocenters. The molecule has 5 heteroatoms. The summed E-state index contributed by atoms with van der Waals surface area (Å²) in [5.74, 6) is 4.45. The van der Waals surface area contributed by atoms with E-state index in [1.165, 1.54) is 17.1 Å². The minimum absolute atomic E-state index is 0.431. The molecule has 0 bridgehead atoms. The second kappa shape index (κ2) is 6.15. The molecule has 3 nitrogen and oxygen atoms in total. The van der Waals surface area contributed by atoms with Crippen LogP contribution in [0.25, 0.3) is 0 Å². The molecule has 0 spiro atoms. The zero-order valence-electron chi connectivity index (χ0n) is 11.5. The first-order valence-electron chi connectivity index (χ1n) is 6.45. The summed E-state index contributed by atoms with van der Waals surface area (Å²) < 4.78 is 0. The number of anilines is 1. The number of hydrogen-bond donors (Lipinski definition) is 1. The van der Waals surface area contributed by atoms with Crippen molar-refractivity contribution in [3.05, 3.63) is 17.1 Å². The first-order valence-corrected chi connectivity index (χ1v) is 8.55. The van der Waals surface area contributed by atoms with Gasteiger partial charge in [0, 0.05) is 35.1 Å². The molecule has 18 heavy (non-hydrogen) atoms. The van der Waals surface area contributed by atoms with Gasteiger partial charge in [-0.15, -0.1) is 11.8 Å². The van der Waals surface area contributed by atoms with Gasteiger partial charge in [-0.05, 0) is 13.3 Å². The summed E-state index contributed by atoms with van der Waals surface area (Å²) in [4.78, 5) is 9.48. The summed E-state index contributed by atoms with van der Waals surface area (Å²) in [6, 6.07) is 0. The molecule has 1 N–H and O–H groups in total. The van der Waals surface area contributed by atoms with Gasteiger partial charge in [-0.3, -0.25) is 0 Å². The highest BCUT2D eigenvalue weighted by atomic mass is 32.2. The van der Waals surface area contributed by atoms with Gasteiger partial charge in [-0.2, -0.15) is 11.8 Å². The van der Waals surface area contributed by atoms with Crippen molar-refractivity contribution in [1.82, 2.24) is 9.97 Å². The van der Waals surface area contributed by atoms with Gasteiger partial charge in [0.05, 0.1) is 5.25 Å². The van der Waals surface area contributed by atoms with E-state index in [2.05, 4.69) is 26.1 Å². The van der Waals surface area contributed by atoms with Gasteiger partial charge in [-0.25, -0.2) is 9.97 Å². The lowest BCUT2D eigenvalue weighted by Gasteiger charge is -2.27. The Bertz CT molecular complexity index is 423. The van der Waals surface area contributed by atoms with Crippen molar-refractivity contribution < 1.29 is 0 Å². The second-order valence-corrected chi connectivity index (χ2v) is 7.20. The molecule has 1 aromatic heterocycles. The van der Waals surface area contributed by atoms with E-state index in [-0.39, 0.29) is 0 Å². The maximum atomic E-state index is 4.74. The summed E-state index contributed by atoms with van der Waals surface area (Å²) >= 11 is 4.02. The van der Waals surface area contributed by atoms with Crippen molar-refractivity contribution in [2.75, 3.05) is 23.9 Å². The van der Waals surface area contributed by atoms with Crippen molar-refractivity contribution in [3.63, 3.8) is 0 Å². The van der Waals surface area contributed by atoms with E-state index in [0.29, 0.717) is 10.5 Å². The van der Waals surface area contributed by atoms with Crippen LogP contribution in [0.4, 0.5) is 5.82 Å². The van der Waals surface area contributed by atoms with Gasteiger partial charge in [0.2, 0.25) is 0 Å². The standard InChI is InChI=1S/C13H21N3S2/c1-5-10-8(2)15-13(16-12(10)14-4)11-9(3)17-6-7-18-11/h9,11H,5-7H2,1-4H3,(H,14,15,16). The topological polar surface area (TPSA) is 37.8 Å². The first kappa shape index (κ1) is 14.0. The number of nitrogens with zero attached hydrogens (tertiary/aromatic N) is 2. The van der Waals surface area contributed by atoms with Crippen molar-refractivity contribution in [2.24, 2.45) is 0 Å². The molecule has 2 rings (SSSR count). The molecule has 1 aliphatic heterocycles. The predicted octanol–water partition coefficient (Wildman–Crippen LogP) is 3.30. The Labute approximate surface area is 118 Å². The highest BCUT2D eigenvalue weighted by Gasteiger charge is 2.27. The van der Waals surface area contributed by atoms with Crippen molar-refractivity contribution >= 4 is 29.3 Å². The quantitative estimate of drug-likeness (QED) is 0.921. The molecule has 100 valence electrons. The van der Waals surface area contributed by atoms with Gasteiger partial charge in [0.1, 0.15) is 11.6 Å². The number of aromatic nitrogens is 2. The Hall–Kier alpha value is -0.420. The number of rotatable bonds is 3. The van der Waals surface area contributed by atoms with Crippen molar-refractivity contribution in [2.45, 2.75) is 37.7 Å². The van der Waals surface area contributed by atoms with E-state index < -0.39 is 0 Å². The number of nitrogens with one attached hydrogen (secondary N) is 1. The van der Waals surface area contributed by atoms with Crippen LogP contribution in [0.2, 0.25) is 0 Å². The summed E-state index contributed by atoms with van der Waals surface area (Å²) in [7, 11) is 1.94. The monoisotopic (exact) mass is 283 g/mol. The normalized spacial score (nSPS) is 24.0. The molecule has 1 fully saturated rings. The Morgan fingerprint density at radius 3 is 2.61 bits per heavy atom. The Morgan fingerprint density at radius 1 is 1.28 bits per heavy atom. The van der Waals surface area contributed by atoms with E-state index in [1.807, 2.05) is 30.6 Å². The molecule has 1 aromatic rings. The second-order valence-electron chi connectivity index (χ2n) is 4.47. The van der Waals surface area contributed by atoms with Crippen LogP contribution >= 0.6 is 23.5 Å². The average molecular weight is 283 g/mol. The SMILES string of the molecule is CCc1c(C)nc(C2SCCSC2C)nc1NC. The minimum atomic E-state index is 0.431. The Kier molecular flexibility index (Phi) is 4.78. The largest absolute Gasteiger partial charge is 0.373 e. The number of thioether (sulfide) groups is 2. The van der Waals surface area contributed by atoms with E-state index in [1.54, 1.807) is 0 Å². The maximum Gasteiger partial charge on any atom is 0.145 e. The van der Waals surface area contributed by atoms with E-state index in [4.69, 9.17) is 9.97 Å². The minimum Gasteiger partial charge on any atom is -0.373 e. The Balaban J connectivity index is 2.36. The average Bonchev–Trinajstić information content (AvgIpc) is 2.38. The summed E-state index contributed by atoms with van der Waals surface area (Å²) in [5, 5.41) is 4.24. The van der Waals surface area contributed by atoms with Gasteiger partial charge >= 0.3 is 0 Å². The zero-order valence-corrected chi connectivity index (χ0v) is 13.1. The van der Waals surface area contributed by atoms with Crippen LogP contribution < -0.4 is 5.32 Å². The lowest BCUT2D eigenvalue weighted by Crippen LogP contribution is -2.19. The zero-order chi connectivity index (χ0) is 13.1.